The van der Waals surface area contributed by atoms with Crippen LogP contribution in [0.5, 0.6) is 0 Å². The van der Waals surface area contributed by atoms with Crippen LogP contribution in [0.4, 0.5) is 5.69 Å². The molecule has 15 heavy (non-hydrogen) atoms. The van der Waals surface area contributed by atoms with Gasteiger partial charge in [0, 0.05) is 12.5 Å². The first kappa shape index (κ1) is 8.73. The summed E-state index contributed by atoms with van der Waals surface area (Å²) in [6, 6.07) is 5.81. The molecular weight excluding hydrogens is 190 g/mol. The minimum Gasteiger partial charge on any atom is -0.397 e. The van der Waals surface area contributed by atoms with Crippen molar-refractivity contribution in [1.82, 2.24) is 9.97 Å². The highest BCUT2D eigenvalue weighted by atomic mass is 16.5. The second kappa shape index (κ2) is 3.24. The number of rotatable bonds is 1. The number of nitrogens with one attached hydrogen (secondary N) is 1. The molecule has 4 nitrogen and oxygen atoms in total. The maximum atomic E-state index is 5.85. The van der Waals surface area contributed by atoms with Gasteiger partial charge in [0.25, 0.3) is 0 Å². The molecule has 0 bridgehead atoms. The molecule has 1 aromatic heterocycles. The van der Waals surface area contributed by atoms with Gasteiger partial charge in [-0.2, -0.15) is 0 Å². The van der Waals surface area contributed by atoms with Gasteiger partial charge in [-0.1, -0.05) is 6.07 Å². The Balaban J connectivity index is 2.09. The topological polar surface area (TPSA) is 63.9 Å². The molecule has 0 radical (unpaired) electrons. The van der Waals surface area contributed by atoms with Crippen molar-refractivity contribution in [3.8, 4) is 0 Å². The zero-order chi connectivity index (χ0) is 10.3. The zero-order valence-electron chi connectivity index (χ0n) is 8.36. The SMILES string of the molecule is Nc1cccc2[nH]c(C3CCOC3)nc12. The first-order valence-electron chi connectivity index (χ1n) is 5.16. The fourth-order valence-electron chi connectivity index (χ4n) is 2.02. The van der Waals surface area contributed by atoms with Gasteiger partial charge in [-0.25, -0.2) is 4.98 Å². The highest BCUT2D eigenvalue weighted by Crippen LogP contribution is 2.26. The molecule has 1 aromatic carbocycles. The van der Waals surface area contributed by atoms with Crippen molar-refractivity contribution in [3.05, 3.63) is 24.0 Å². The van der Waals surface area contributed by atoms with Crippen molar-refractivity contribution in [2.24, 2.45) is 0 Å². The van der Waals surface area contributed by atoms with E-state index < -0.39 is 0 Å². The fraction of sp³-hybridized carbons (Fsp3) is 0.364. The Bertz CT molecular complexity index is 486. The largest absolute Gasteiger partial charge is 0.397 e. The van der Waals surface area contributed by atoms with Crippen molar-refractivity contribution >= 4 is 16.7 Å². The predicted molar refractivity (Wildman–Crippen MR) is 58.7 cm³/mol. The van der Waals surface area contributed by atoms with E-state index in [0.717, 1.165) is 42.2 Å². The molecule has 2 aromatic rings. The van der Waals surface area contributed by atoms with E-state index in [1.165, 1.54) is 0 Å². The smallest absolute Gasteiger partial charge is 0.112 e. The quantitative estimate of drug-likeness (QED) is 0.692. The summed E-state index contributed by atoms with van der Waals surface area (Å²) in [4.78, 5) is 7.84. The van der Waals surface area contributed by atoms with Crippen LogP contribution in [0.3, 0.4) is 0 Å². The Kier molecular flexibility index (Phi) is 1.89. The van der Waals surface area contributed by atoms with E-state index >= 15 is 0 Å². The van der Waals surface area contributed by atoms with Crippen molar-refractivity contribution in [1.29, 1.82) is 0 Å². The number of hydrogen-bond donors (Lipinski definition) is 2. The number of H-pyrrole nitrogens is 1. The summed E-state index contributed by atoms with van der Waals surface area (Å²) in [5.41, 5.74) is 8.47. The van der Waals surface area contributed by atoms with Crippen LogP contribution >= 0.6 is 0 Å². The normalized spacial score (nSPS) is 21.2. The van der Waals surface area contributed by atoms with Crippen molar-refractivity contribution in [3.63, 3.8) is 0 Å². The molecule has 78 valence electrons. The number of nitrogen functional groups attached to an aromatic ring is 1. The third-order valence-electron chi connectivity index (χ3n) is 2.88. The van der Waals surface area contributed by atoms with Gasteiger partial charge < -0.3 is 15.5 Å². The van der Waals surface area contributed by atoms with E-state index in [1.54, 1.807) is 0 Å². The molecule has 0 amide bonds. The Labute approximate surface area is 87.4 Å². The predicted octanol–water partition coefficient (Wildman–Crippen LogP) is 1.65. The van der Waals surface area contributed by atoms with Crippen LogP contribution in [-0.4, -0.2) is 23.2 Å². The molecule has 3 rings (SSSR count). The molecule has 2 heterocycles. The van der Waals surface area contributed by atoms with Crippen LogP contribution in [0.15, 0.2) is 18.2 Å². The second-order valence-electron chi connectivity index (χ2n) is 3.93. The van der Waals surface area contributed by atoms with E-state index in [4.69, 9.17) is 10.5 Å². The van der Waals surface area contributed by atoms with Crippen LogP contribution in [0, 0.1) is 0 Å². The molecule has 1 saturated heterocycles. The number of anilines is 1. The zero-order valence-corrected chi connectivity index (χ0v) is 8.36. The van der Waals surface area contributed by atoms with E-state index in [0.29, 0.717) is 5.92 Å². The molecule has 1 unspecified atom stereocenters. The van der Waals surface area contributed by atoms with Gasteiger partial charge in [0.05, 0.1) is 17.8 Å². The maximum absolute atomic E-state index is 5.85. The van der Waals surface area contributed by atoms with Gasteiger partial charge in [-0.15, -0.1) is 0 Å². The fourth-order valence-corrected chi connectivity index (χ4v) is 2.02. The van der Waals surface area contributed by atoms with E-state index in [1.807, 2.05) is 18.2 Å². The Hall–Kier alpha value is -1.55. The van der Waals surface area contributed by atoms with E-state index in [2.05, 4.69) is 9.97 Å². The van der Waals surface area contributed by atoms with Crippen LogP contribution < -0.4 is 5.73 Å². The van der Waals surface area contributed by atoms with Crippen LogP contribution in [-0.2, 0) is 4.74 Å². The lowest BCUT2D eigenvalue weighted by atomic mass is 10.1. The summed E-state index contributed by atoms with van der Waals surface area (Å²) < 4.78 is 5.35. The minimum absolute atomic E-state index is 0.400. The number of para-hydroxylation sites is 1. The standard InChI is InChI=1S/C11H13N3O/c12-8-2-1-3-9-10(8)14-11(13-9)7-4-5-15-6-7/h1-3,7H,4-6,12H2,(H,13,14). The molecule has 1 aliphatic rings. The van der Waals surface area contributed by atoms with Crippen LogP contribution in [0.25, 0.3) is 11.0 Å². The van der Waals surface area contributed by atoms with Crippen molar-refractivity contribution < 1.29 is 4.74 Å². The summed E-state index contributed by atoms with van der Waals surface area (Å²) in [5.74, 6) is 1.40. The first-order valence-corrected chi connectivity index (χ1v) is 5.16. The Morgan fingerprint density at radius 1 is 1.47 bits per heavy atom. The lowest BCUT2D eigenvalue weighted by molar-refractivity contribution is 0.193. The number of imidazole rings is 1. The van der Waals surface area contributed by atoms with Gasteiger partial charge in [0.15, 0.2) is 0 Å². The highest BCUT2D eigenvalue weighted by molar-refractivity contribution is 5.86. The molecule has 0 aliphatic carbocycles. The lowest BCUT2D eigenvalue weighted by Gasteiger charge is -2.00. The summed E-state index contributed by atoms with van der Waals surface area (Å²) >= 11 is 0. The molecule has 0 saturated carbocycles. The Morgan fingerprint density at radius 3 is 3.13 bits per heavy atom. The second-order valence-corrected chi connectivity index (χ2v) is 3.93. The number of aromatic nitrogens is 2. The molecule has 1 fully saturated rings. The molecule has 3 N–H and O–H groups in total. The number of nitrogens with zero attached hydrogens (tertiary/aromatic N) is 1. The molecule has 0 spiro atoms. The third kappa shape index (κ3) is 1.37. The number of aromatic amines is 1. The third-order valence-corrected chi connectivity index (χ3v) is 2.88. The average Bonchev–Trinajstić information content (AvgIpc) is 2.86. The molecule has 1 aliphatic heterocycles. The summed E-state index contributed by atoms with van der Waals surface area (Å²) in [7, 11) is 0. The molecular formula is C11H13N3O. The first-order chi connectivity index (χ1) is 7.34. The Morgan fingerprint density at radius 2 is 2.40 bits per heavy atom. The van der Waals surface area contributed by atoms with Gasteiger partial charge >= 0.3 is 0 Å². The van der Waals surface area contributed by atoms with E-state index in [9.17, 15) is 0 Å². The van der Waals surface area contributed by atoms with Gasteiger partial charge in [0.1, 0.15) is 11.3 Å². The van der Waals surface area contributed by atoms with Crippen LogP contribution in [0.2, 0.25) is 0 Å². The lowest BCUT2D eigenvalue weighted by Crippen LogP contribution is -1.99. The molecule has 4 heteroatoms. The number of ether oxygens (including phenoxy) is 1. The number of fused-ring (bicyclic) bond motifs is 1. The van der Waals surface area contributed by atoms with Gasteiger partial charge in [-0.3, -0.25) is 0 Å². The molecule has 1 atom stereocenters. The number of hydrogen-bond acceptors (Lipinski definition) is 3. The average molecular weight is 203 g/mol. The number of benzene rings is 1. The summed E-state index contributed by atoms with van der Waals surface area (Å²) in [6.45, 7) is 1.59. The van der Waals surface area contributed by atoms with Crippen LogP contribution in [0.1, 0.15) is 18.2 Å². The summed E-state index contributed by atoms with van der Waals surface area (Å²) in [6.07, 6.45) is 1.04. The van der Waals surface area contributed by atoms with Gasteiger partial charge in [-0.05, 0) is 18.6 Å². The minimum atomic E-state index is 0.400. The number of nitrogens with two attached hydrogens (primary N) is 1. The van der Waals surface area contributed by atoms with Crippen molar-refractivity contribution in [2.45, 2.75) is 12.3 Å². The maximum Gasteiger partial charge on any atom is 0.112 e. The van der Waals surface area contributed by atoms with Gasteiger partial charge in [0.2, 0.25) is 0 Å². The van der Waals surface area contributed by atoms with Crippen molar-refractivity contribution in [2.75, 3.05) is 18.9 Å². The summed E-state index contributed by atoms with van der Waals surface area (Å²) in [5, 5.41) is 0. The highest BCUT2D eigenvalue weighted by Gasteiger charge is 2.21. The monoisotopic (exact) mass is 203 g/mol. The van der Waals surface area contributed by atoms with E-state index in [-0.39, 0.29) is 0 Å².